The molecular weight excluding hydrogens is 415 g/mol. The van der Waals surface area contributed by atoms with Crippen LogP contribution in [-0.4, -0.2) is 56.1 Å². The first-order chi connectivity index (χ1) is 13.0. The van der Waals surface area contributed by atoms with Crippen LogP contribution < -0.4 is 16.4 Å². The summed E-state index contributed by atoms with van der Waals surface area (Å²) in [5.74, 6) is -0.247. The molecule has 2 aliphatic rings. The molecule has 1 unspecified atom stereocenters. The Hall–Kier alpha value is -1.38. The van der Waals surface area contributed by atoms with Crippen molar-refractivity contribution in [1.82, 2.24) is 10.2 Å². The van der Waals surface area contributed by atoms with Crippen molar-refractivity contribution in [3.8, 4) is 0 Å². The highest BCUT2D eigenvalue weighted by atomic mass is 35.5. The number of ether oxygens (including phenoxy) is 1. The zero-order chi connectivity index (χ0) is 19.3. The molecule has 1 aromatic rings. The molecule has 1 atom stereocenters. The fraction of sp³-hybridized carbons (Fsp3) is 0.600. The predicted molar refractivity (Wildman–Crippen MR) is 119 cm³/mol. The fourth-order valence-electron chi connectivity index (χ4n) is 4.20. The minimum atomic E-state index is -0.484. The van der Waals surface area contributed by atoms with E-state index in [1.807, 2.05) is 24.3 Å². The number of nitrogens with zero attached hydrogens (tertiary/aromatic N) is 1. The van der Waals surface area contributed by atoms with E-state index < -0.39 is 5.41 Å². The lowest BCUT2D eigenvalue weighted by Gasteiger charge is -2.35. The van der Waals surface area contributed by atoms with Crippen LogP contribution in [0.5, 0.6) is 0 Å². The molecule has 0 spiro atoms. The van der Waals surface area contributed by atoms with Gasteiger partial charge < -0.3 is 21.1 Å². The fourth-order valence-corrected chi connectivity index (χ4v) is 4.20. The molecule has 2 fully saturated rings. The average molecular weight is 447 g/mol. The van der Waals surface area contributed by atoms with E-state index in [-0.39, 0.29) is 42.7 Å². The number of nitrogens with one attached hydrogen (secondary N) is 2. The molecule has 0 saturated carbocycles. The molecule has 3 rings (SSSR count). The largest absolute Gasteiger partial charge is 0.384 e. The molecule has 2 heterocycles. The normalized spacial score (nSPS) is 20.9. The summed E-state index contributed by atoms with van der Waals surface area (Å²) in [6.45, 7) is 3.59. The Bertz CT molecular complexity index is 678. The molecule has 0 bridgehead atoms. The zero-order valence-electron chi connectivity index (χ0n) is 16.8. The Morgan fingerprint density at radius 2 is 2.03 bits per heavy atom. The summed E-state index contributed by atoms with van der Waals surface area (Å²) in [6, 6.07) is 7.64. The van der Waals surface area contributed by atoms with E-state index in [1.54, 1.807) is 7.11 Å². The van der Waals surface area contributed by atoms with E-state index in [0.29, 0.717) is 13.2 Å². The number of carbonyl (C=O) groups is 2. The second-order valence-corrected chi connectivity index (χ2v) is 7.65. The molecule has 2 aliphatic heterocycles. The van der Waals surface area contributed by atoms with Gasteiger partial charge in [0.05, 0.1) is 18.1 Å². The van der Waals surface area contributed by atoms with E-state index in [4.69, 9.17) is 10.5 Å². The highest BCUT2D eigenvalue weighted by Gasteiger charge is 2.39. The number of amides is 2. The molecular formula is C20H32Cl2N4O3. The quantitative estimate of drug-likeness (QED) is 0.594. The maximum absolute atomic E-state index is 13.0. The maximum atomic E-state index is 13.0. The number of hydrogen-bond acceptors (Lipinski definition) is 5. The van der Waals surface area contributed by atoms with Gasteiger partial charge in [-0.25, -0.2) is 0 Å². The molecule has 2 amide bonds. The van der Waals surface area contributed by atoms with Gasteiger partial charge in [-0.1, -0.05) is 12.1 Å². The average Bonchev–Trinajstić information content (AvgIpc) is 3.11. The highest BCUT2D eigenvalue weighted by Crippen LogP contribution is 2.31. The van der Waals surface area contributed by atoms with Gasteiger partial charge in [-0.15, -0.1) is 24.8 Å². The van der Waals surface area contributed by atoms with E-state index in [1.165, 1.54) is 0 Å². The third-order valence-corrected chi connectivity index (χ3v) is 5.73. The monoisotopic (exact) mass is 446 g/mol. The van der Waals surface area contributed by atoms with Gasteiger partial charge >= 0.3 is 0 Å². The van der Waals surface area contributed by atoms with Crippen LogP contribution >= 0.6 is 24.8 Å². The lowest BCUT2D eigenvalue weighted by Crippen LogP contribution is -2.47. The molecule has 0 aliphatic carbocycles. The number of benzene rings is 1. The second-order valence-electron chi connectivity index (χ2n) is 7.65. The topological polar surface area (TPSA) is 96.7 Å². The molecule has 2 saturated heterocycles. The van der Waals surface area contributed by atoms with Crippen LogP contribution in [0, 0.1) is 5.41 Å². The summed E-state index contributed by atoms with van der Waals surface area (Å²) < 4.78 is 5.35. The number of hydrogen-bond donors (Lipinski definition) is 3. The molecule has 0 radical (unpaired) electrons. The molecule has 4 N–H and O–H groups in total. The van der Waals surface area contributed by atoms with Crippen molar-refractivity contribution in [3.05, 3.63) is 29.8 Å². The van der Waals surface area contributed by atoms with Gasteiger partial charge in [0, 0.05) is 19.3 Å². The van der Waals surface area contributed by atoms with Gasteiger partial charge in [-0.05, 0) is 63.0 Å². The number of piperidine rings is 1. The summed E-state index contributed by atoms with van der Waals surface area (Å²) in [4.78, 5) is 26.7. The summed E-state index contributed by atoms with van der Waals surface area (Å²) in [7, 11) is 1.64. The number of carbonyl (C=O) groups excluding carboxylic acids is 2. The third kappa shape index (κ3) is 6.30. The molecule has 9 heteroatoms. The number of likely N-dealkylation sites (tertiary alicyclic amines) is 1. The van der Waals surface area contributed by atoms with E-state index in [2.05, 4.69) is 15.5 Å². The summed E-state index contributed by atoms with van der Waals surface area (Å²) in [5.41, 5.74) is 6.87. The standard InChI is InChI=1S/C20H30N4O3.2ClH/c1-27-14-20(7-9-22-10-8-20)19(26)23-16-5-2-4-15(12-16)13-24-11-3-6-17(24)18(21)25;;/h2,4-5,12,17,22H,3,6-11,13-14H2,1H3,(H2,21,25)(H,23,26);2*1H. The van der Waals surface area contributed by atoms with Crippen LogP contribution in [0.15, 0.2) is 24.3 Å². The number of halogens is 2. The molecule has 7 nitrogen and oxygen atoms in total. The van der Waals surface area contributed by atoms with E-state index in [0.717, 1.165) is 56.6 Å². The van der Waals surface area contributed by atoms with Crippen molar-refractivity contribution in [2.45, 2.75) is 38.3 Å². The molecule has 1 aromatic carbocycles. The van der Waals surface area contributed by atoms with Gasteiger partial charge in [0.15, 0.2) is 0 Å². The van der Waals surface area contributed by atoms with Crippen LogP contribution in [0.2, 0.25) is 0 Å². The zero-order valence-corrected chi connectivity index (χ0v) is 18.4. The van der Waals surface area contributed by atoms with Crippen LogP contribution in [0.3, 0.4) is 0 Å². The summed E-state index contributed by atoms with van der Waals surface area (Å²) >= 11 is 0. The van der Waals surface area contributed by atoms with Crippen molar-refractivity contribution in [2.24, 2.45) is 11.1 Å². The van der Waals surface area contributed by atoms with Crippen molar-refractivity contribution >= 4 is 42.3 Å². The number of nitrogens with two attached hydrogens (primary N) is 1. The lowest BCUT2D eigenvalue weighted by atomic mass is 9.78. The highest BCUT2D eigenvalue weighted by molar-refractivity contribution is 5.95. The first-order valence-corrected chi connectivity index (χ1v) is 9.67. The van der Waals surface area contributed by atoms with E-state index in [9.17, 15) is 9.59 Å². The minimum absolute atomic E-state index is 0. The predicted octanol–water partition coefficient (Wildman–Crippen LogP) is 1.93. The van der Waals surface area contributed by atoms with Crippen LogP contribution in [0.25, 0.3) is 0 Å². The van der Waals surface area contributed by atoms with Crippen molar-refractivity contribution < 1.29 is 14.3 Å². The van der Waals surface area contributed by atoms with Crippen LogP contribution in [0.1, 0.15) is 31.2 Å². The van der Waals surface area contributed by atoms with Gasteiger partial charge in [0.2, 0.25) is 11.8 Å². The van der Waals surface area contributed by atoms with E-state index >= 15 is 0 Å². The minimum Gasteiger partial charge on any atom is -0.384 e. The van der Waals surface area contributed by atoms with Crippen LogP contribution in [0.4, 0.5) is 5.69 Å². The number of anilines is 1. The number of rotatable bonds is 7. The Morgan fingerprint density at radius 3 is 2.69 bits per heavy atom. The molecule has 164 valence electrons. The maximum Gasteiger partial charge on any atom is 0.234 e. The smallest absolute Gasteiger partial charge is 0.234 e. The van der Waals surface area contributed by atoms with Gasteiger partial charge in [0.25, 0.3) is 0 Å². The SMILES string of the molecule is COCC1(C(=O)Nc2cccc(CN3CCCC3C(N)=O)c2)CCNCC1.Cl.Cl. The molecule has 0 aromatic heterocycles. The first kappa shape index (κ1) is 25.7. The Kier molecular flexibility index (Phi) is 10.4. The van der Waals surface area contributed by atoms with Crippen molar-refractivity contribution in [2.75, 3.05) is 38.7 Å². The van der Waals surface area contributed by atoms with Gasteiger partial charge in [-0.2, -0.15) is 0 Å². The third-order valence-electron chi connectivity index (χ3n) is 5.73. The van der Waals surface area contributed by atoms with Crippen LogP contribution in [-0.2, 0) is 20.9 Å². The van der Waals surface area contributed by atoms with Gasteiger partial charge in [-0.3, -0.25) is 14.5 Å². The van der Waals surface area contributed by atoms with Gasteiger partial charge in [0.1, 0.15) is 0 Å². The van der Waals surface area contributed by atoms with Crippen molar-refractivity contribution in [1.29, 1.82) is 0 Å². The Labute approximate surface area is 184 Å². The lowest BCUT2D eigenvalue weighted by molar-refractivity contribution is -0.130. The Morgan fingerprint density at radius 1 is 1.31 bits per heavy atom. The first-order valence-electron chi connectivity index (χ1n) is 9.67. The number of methoxy groups -OCH3 is 1. The number of primary amides is 1. The Balaban J connectivity index is 0.00000210. The van der Waals surface area contributed by atoms with Crippen molar-refractivity contribution in [3.63, 3.8) is 0 Å². The summed E-state index contributed by atoms with van der Waals surface area (Å²) in [5, 5.41) is 6.38. The summed E-state index contributed by atoms with van der Waals surface area (Å²) in [6.07, 6.45) is 3.33. The molecule has 29 heavy (non-hydrogen) atoms. The second kappa shape index (κ2) is 11.7.